The Bertz CT molecular complexity index is 869. The Kier molecular flexibility index (Phi) is 4.20. The predicted octanol–water partition coefficient (Wildman–Crippen LogP) is 3.26. The lowest BCUT2D eigenvalue weighted by Gasteiger charge is -2.32. The molecule has 1 atom stereocenters. The van der Waals surface area contributed by atoms with Gasteiger partial charge in [0.15, 0.2) is 0 Å². The van der Waals surface area contributed by atoms with E-state index in [2.05, 4.69) is 6.07 Å². The first-order valence-electron chi connectivity index (χ1n) is 7.60. The maximum atomic E-state index is 13.0. The van der Waals surface area contributed by atoms with Crippen LogP contribution in [0.25, 0.3) is 0 Å². The summed E-state index contributed by atoms with van der Waals surface area (Å²) in [5, 5.41) is 9.20. The number of fused-ring (bicyclic) bond motifs is 1. The van der Waals surface area contributed by atoms with E-state index in [0.29, 0.717) is 0 Å². The number of hydrogen-bond donors (Lipinski definition) is 0. The van der Waals surface area contributed by atoms with Crippen molar-refractivity contribution >= 4 is 10.0 Å². The summed E-state index contributed by atoms with van der Waals surface area (Å²) in [6.07, 6.45) is 2.73. The van der Waals surface area contributed by atoms with Crippen LogP contribution >= 0.6 is 0 Å². The van der Waals surface area contributed by atoms with E-state index in [-0.39, 0.29) is 16.5 Å². The Balaban J connectivity index is 2.04. The monoisotopic (exact) mass is 326 g/mol. The molecule has 0 aromatic heterocycles. The van der Waals surface area contributed by atoms with E-state index in [1.807, 2.05) is 24.3 Å². The standard InChI is InChI=1S/C18H18N2O2S/c1-20(17-11-6-9-14-7-2-4-10-16(14)17)23(21,22)18-12-5-3-8-15(18)13-19/h2-5,7-8,10,12,17H,6,9,11H2,1H3/t17-/m0/s1. The molecule has 0 N–H and O–H groups in total. The van der Waals surface area contributed by atoms with Gasteiger partial charge in [0.2, 0.25) is 10.0 Å². The normalized spacial score (nSPS) is 17.5. The SMILES string of the molecule is CN([C@H]1CCCc2ccccc21)S(=O)(=O)c1ccccc1C#N. The van der Waals surface area contributed by atoms with Crippen LogP contribution in [0.1, 0.15) is 35.6 Å². The molecule has 0 saturated carbocycles. The van der Waals surface area contributed by atoms with Crippen molar-refractivity contribution in [2.24, 2.45) is 0 Å². The Morgan fingerprint density at radius 2 is 1.83 bits per heavy atom. The average Bonchev–Trinajstić information content (AvgIpc) is 2.60. The van der Waals surface area contributed by atoms with Crippen molar-refractivity contribution in [2.75, 3.05) is 7.05 Å². The van der Waals surface area contributed by atoms with Crippen LogP contribution in [0.4, 0.5) is 0 Å². The number of nitriles is 1. The lowest BCUT2D eigenvalue weighted by molar-refractivity contribution is 0.337. The van der Waals surface area contributed by atoms with Crippen molar-refractivity contribution < 1.29 is 8.42 Å². The van der Waals surface area contributed by atoms with Crippen molar-refractivity contribution in [3.05, 3.63) is 65.2 Å². The predicted molar refractivity (Wildman–Crippen MR) is 88.2 cm³/mol. The average molecular weight is 326 g/mol. The van der Waals surface area contributed by atoms with Gasteiger partial charge in [-0.3, -0.25) is 0 Å². The maximum Gasteiger partial charge on any atom is 0.244 e. The Morgan fingerprint density at radius 1 is 1.13 bits per heavy atom. The van der Waals surface area contributed by atoms with Gasteiger partial charge >= 0.3 is 0 Å². The highest BCUT2D eigenvalue weighted by molar-refractivity contribution is 7.89. The molecule has 118 valence electrons. The second kappa shape index (κ2) is 6.15. The van der Waals surface area contributed by atoms with Crippen LogP contribution in [-0.4, -0.2) is 19.8 Å². The molecule has 1 aliphatic carbocycles. The Morgan fingerprint density at radius 3 is 2.61 bits per heavy atom. The largest absolute Gasteiger partial charge is 0.244 e. The van der Waals surface area contributed by atoms with Crippen LogP contribution in [0.3, 0.4) is 0 Å². The Hall–Kier alpha value is -2.16. The first kappa shape index (κ1) is 15.7. The minimum atomic E-state index is -3.71. The van der Waals surface area contributed by atoms with E-state index in [9.17, 15) is 13.7 Å². The van der Waals surface area contributed by atoms with Crippen molar-refractivity contribution in [3.8, 4) is 6.07 Å². The summed E-state index contributed by atoms with van der Waals surface area (Å²) < 4.78 is 27.4. The second-order valence-electron chi connectivity index (χ2n) is 5.74. The van der Waals surface area contributed by atoms with E-state index in [1.165, 1.54) is 22.0 Å². The van der Waals surface area contributed by atoms with Gasteiger partial charge in [-0.2, -0.15) is 9.57 Å². The fourth-order valence-electron chi connectivity index (χ4n) is 3.21. The van der Waals surface area contributed by atoms with Gasteiger partial charge in [-0.25, -0.2) is 8.42 Å². The lowest BCUT2D eigenvalue weighted by Crippen LogP contribution is -2.33. The summed E-state index contributed by atoms with van der Waals surface area (Å²) >= 11 is 0. The summed E-state index contributed by atoms with van der Waals surface area (Å²) in [5.41, 5.74) is 2.46. The molecule has 1 aliphatic rings. The third kappa shape index (κ3) is 2.76. The summed E-state index contributed by atoms with van der Waals surface area (Å²) in [6, 6.07) is 16.1. The molecule has 0 unspecified atom stereocenters. The third-order valence-electron chi connectivity index (χ3n) is 4.44. The summed E-state index contributed by atoms with van der Waals surface area (Å²) in [7, 11) is -2.11. The minimum Gasteiger partial charge on any atom is -0.207 e. The third-order valence-corrected chi connectivity index (χ3v) is 6.37. The molecular formula is C18H18N2O2S. The smallest absolute Gasteiger partial charge is 0.207 e. The van der Waals surface area contributed by atoms with Gasteiger partial charge in [-0.15, -0.1) is 0 Å². The fourth-order valence-corrected chi connectivity index (χ4v) is 4.72. The van der Waals surface area contributed by atoms with Crippen molar-refractivity contribution in [1.29, 1.82) is 5.26 Å². The van der Waals surface area contributed by atoms with Gasteiger partial charge in [0.1, 0.15) is 6.07 Å². The minimum absolute atomic E-state index is 0.0769. The maximum absolute atomic E-state index is 13.0. The number of rotatable bonds is 3. The van der Waals surface area contributed by atoms with E-state index in [1.54, 1.807) is 19.2 Å². The van der Waals surface area contributed by atoms with Gasteiger partial charge in [-0.1, -0.05) is 36.4 Å². The van der Waals surface area contributed by atoms with Crippen LogP contribution in [-0.2, 0) is 16.4 Å². The molecule has 3 rings (SSSR count). The van der Waals surface area contributed by atoms with Crippen LogP contribution < -0.4 is 0 Å². The fraction of sp³-hybridized carbons (Fsp3) is 0.278. The van der Waals surface area contributed by atoms with Gasteiger partial charge in [-0.05, 0) is 42.5 Å². The van der Waals surface area contributed by atoms with Crippen molar-refractivity contribution in [2.45, 2.75) is 30.2 Å². The molecule has 4 nitrogen and oxygen atoms in total. The summed E-state index contributed by atoms with van der Waals surface area (Å²) in [5.74, 6) is 0. The number of sulfonamides is 1. The van der Waals surface area contributed by atoms with Crippen molar-refractivity contribution in [3.63, 3.8) is 0 Å². The molecule has 0 amide bonds. The van der Waals surface area contributed by atoms with Crippen LogP contribution in [0.2, 0.25) is 0 Å². The molecule has 0 saturated heterocycles. The number of benzene rings is 2. The molecule has 2 aromatic carbocycles. The summed E-state index contributed by atoms with van der Waals surface area (Å²) in [6.45, 7) is 0. The number of aryl methyl sites for hydroxylation is 1. The topological polar surface area (TPSA) is 61.2 Å². The molecule has 0 aliphatic heterocycles. The van der Waals surface area contributed by atoms with E-state index in [0.717, 1.165) is 24.8 Å². The van der Waals surface area contributed by atoms with Gasteiger partial charge in [0.05, 0.1) is 10.5 Å². The molecule has 0 spiro atoms. The van der Waals surface area contributed by atoms with Crippen LogP contribution in [0.15, 0.2) is 53.4 Å². The first-order valence-corrected chi connectivity index (χ1v) is 9.04. The highest BCUT2D eigenvalue weighted by Gasteiger charge is 2.33. The molecule has 0 heterocycles. The molecule has 0 fully saturated rings. The number of hydrogen-bond acceptors (Lipinski definition) is 3. The highest BCUT2D eigenvalue weighted by Crippen LogP contribution is 2.36. The van der Waals surface area contributed by atoms with Gasteiger partial charge in [0, 0.05) is 13.1 Å². The molecule has 23 heavy (non-hydrogen) atoms. The van der Waals surface area contributed by atoms with E-state index >= 15 is 0 Å². The van der Waals surface area contributed by atoms with Crippen LogP contribution in [0.5, 0.6) is 0 Å². The number of nitrogens with zero attached hydrogens (tertiary/aromatic N) is 2. The zero-order valence-electron chi connectivity index (χ0n) is 12.9. The lowest BCUT2D eigenvalue weighted by atomic mass is 9.88. The molecule has 5 heteroatoms. The van der Waals surface area contributed by atoms with Crippen molar-refractivity contribution in [1.82, 2.24) is 4.31 Å². The quantitative estimate of drug-likeness (QED) is 0.870. The molecule has 0 bridgehead atoms. The zero-order chi connectivity index (χ0) is 16.4. The summed E-state index contributed by atoms with van der Waals surface area (Å²) in [4.78, 5) is 0.0769. The molecule has 2 aromatic rings. The van der Waals surface area contributed by atoms with Gasteiger partial charge in [0.25, 0.3) is 0 Å². The molecule has 0 radical (unpaired) electrons. The second-order valence-corrected chi connectivity index (χ2v) is 7.70. The highest BCUT2D eigenvalue weighted by atomic mass is 32.2. The van der Waals surface area contributed by atoms with E-state index in [4.69, 9.17) is 0 Å². The Labute approximate surface area is 137 Å². The molecular weight excluding hydrogens is 308 g/mol. The van der Waals surface area contributed by atoms with Crippen LogP contribution in [0, 0.1) is 11.3 Å². The van der Waals surface area contributed by atoms with E-state index < -0.39 is 10.0 Å². The zero-order valence-corrected chi connectivity index (χ0v) is 13.8. The van der Waals surface area contributed by atoms with Gasteiger partial charge < -0.3 is 0 Å². The first-order chi connectivity index (χ1) is 11.1.